The lowest BCUT2D eigenvalue weighted by Gasteiger charge is -2.35. The largest absolute Gasteiger partial charge is 0.484 e. The van der Waals surface area contributed by atoms with E-state index in [0.717, 1.165) is 54.7 Å². The van der Waals surface area contributed by atoms with E-state index in [0.29, 0.717) is 13.1 Å². The molecule has 3 aromatic rings. The van der Waals surface area contributed by atoms with Crippen molar-refractivity contribution in [1.29, 1.82) is 0 Å². The molecule has 0 N–H and O–H groups in total. The predicted molar refractivity (Wildman–Crippen MR) is 141 cm³/mol. The highest BCUT2D eigenvalue weighted by Crippen LogP contribution is 2.24. The molecule has 1 aliphatic rings. The Kier molecular flexibility index (Phi) is 7.85. The molecule has 184 valence electrons. The Morgan fingerprint density at radius 2 is 1.71 bits per heavy atom. The van der Waals surface area contributed by atoms with Crippen molar-refractivity contribution in [1.82, 2.24) is 15.1 Å². The van der Waals surface area contributed by atoms with Gasteiger partial charge >= 0.3 is 0 Å². The molecule has 0 saturated carbocycles. The van der Waals surface area contributed by atoms with E-state index < -0.39 is 0 Å². The number of aromatic nitrogens is 2. The van der Waals surface area contributed by atoms with Gasteiger partial charge in [-0.25, -0.2) is 0 Å². The molecule has 1 aliphatic heterocycles. The number of benzene rings is 2. The Bertz CT molecular complexity index is 1140. The van der Waals surface area contributed by atoms with Crippen LogP contribution in [0.25, 0.3) is 11.3 Å². The van der Waals surface area contributed by atoms with Crippen LogP contribution in [0.5, 0.6) is 5.75 Å². The Morgan fingerprint density at radius 1 is 0.943 bits per heavy atom. The zero-order valence-corrected chi connectivity index (χ0v) is 21.2. The van der Waals surface area contributed by atoms with Crippen molar-refractivity contribution in [3.05, 3.63) is 65.7 Å². The molecule has 0 aliphatic carbocycles. The fourth-order valence-electron chi connectivity index (χ4n) is 4.52. The van der Waals surface area contributed by atoms with E-state index in [4.69, 9.17) is 4.74 Å². The molecular weight excluding hydrogens is 438 g/mol. The van der Waals surface area contributed by atoms with Crippen molar-refractivity contribution in [2.24, 2.45) is 0 Å². The first kappa shape index (κ1) is 24.5. The highest BCUT2D eigenvalue weighted by atomic mass is 16.5. The topological polar surface area (TPSA) is 61.8 Å². The van der Waals surface area contributed by atoms with Crippen molar-refractivity contribution in [3.8, 4) is 17.0 Å². The van der Waals surface area contributed by atoms with E-state index in [1.54, 1.807) is 0 Å². The second-order valence-corrected chi connectivity index (χ2v) is 8.92. The predicted octanol–water partition coefficient (Wildman–Crippen LogP) is 4.33. The minimum atomic E-state index is 0.00849. The van der Waals surface area contributed by atoms with E-state index in [-0.39, 0.29) is 12.5 Å². The van der Waals surface area contributed by atoms with Gasteiger partial charge in [0.2, 0.25) is 0 Å². The molecule has 1 aromatic heterocycles. The minimum Gasteiger partial charge on any atom is -0.484 e. The van der Waals surface area contributed by atoms with Crippen LogP contribution in [0, 0.1) is 13.8 Å². The monoisotopic (exact) mass is 473 g/mol. The van der Waals surface area contributed by atoms with Crippen molar-refractivity contribution in [2.45, 2.75) is 27.7 Å². The standard InChI is InChI=1S/C28H35N5O2/c1-5-31(6-2)23-8-7-9-24(19-23)35-20-28(34)33-16-14-32(15-17-33)27-13-12-26(29-30-27)25-11-10-21(3)18-22(25)4/h7-13,18-19H,5-6,14-17,20H2,1-4H3. The molecule has 2 heterocycles. The molecule has 0 bridgehead atoms. The second-order valence-electron chi connectivity index (χ2n) is 8.92. The van der Waals surface area contributed by atoms with Gasteiger partial charge in [0.1, 0.15) is 5.75 Å². The number of hydrogen-bond donors (Lipinski definition) is 0. The van der Waals surface area contributed by atoms with Gasteiger partial charge in [-0.05, 0) is 57.5 Å². The Hall–Kier alpha value is -3.61. The van der Waals surface area contributed by atoms with Gasteiger partial charge in [0.15, 0.2) is 12.4 Å². The summed E-state index contributed by atoms with van der Waals surface area (Å²) in [6.45, 7) is 13.1. The average molecular weight is 474 g/mol. The molecule has 0 unspecified atom stereocenters. The first-order valence-electron chi connectivity index (χ1n) is 12.4. The minimum absolute atomic E-state index is 0.00849. The van der Waals surface area contributed by atoms with E-state index in [1.807, 2.05) is 35.2 Å². The van der Waals surface area contributed by atoms with Gasteiger partial charge in [-0.2, -0.15) is 0 Å². The van der Waals surface area contributed by atoms with Crippen LogP contribution < -0.4 is 14.5 Å². The number of hydrogen-bond acceptors (Lipinski definition) is 6. The lowest BCUT2D eigenvalue weighted by molar-refractivity contribution is -0.133. The molecule has 2 aromatic carbocycles. The van der Waals surface area contributed by atoms with Gasteiger partial charge in [-0.1, -0.05) is 29.8 Å². The lowest BCUT2D eigenvalue weighted by atomic mass is 10.0. The molecule has 35 heavy (non-hydrogen) atoms. The molecular formula is C28H35N5O2. The van der Waals surface area contributed by atoms with Crippen molar-refractivity contribution in [3.63, 3.8) is 0 Å². The van der Waals surface area contributed by atoms with Gasteiger partial charge in [0, 0.05) is 56.6 Å². The molecule has 4 rings (SSSR count). The Labute approximate surface area is 208 Å². The smallest absolute Gasteiger partial charge is 0.260 e. The summed E-state index contributed by atoms with van der Waals surface area (Å²) in [4.78, 5) is 19.0. The number of piperazine rings is 1. The molecule has 1 saturated heterocycles. The normalized spacial score (nSPS) is 13.6. The summed E-state index contributed by atoms with van der Waals surface area (Å²) in [5.74, 6) is 1.57. The van der Waals surface area contributed by atoms with Crippen LogP contribution in [0.4, 0.5) is 11.5 Å². The van der Waals surface area contributed by atoms with E-state index in [1.165, 1.54) is 11.1 Å². The summed E-state index contributed by atoms with van der Waals surface area (Å²) in [7, 11) is 0. The average Bonchev–Trinajstić information content (AvgIpc) is 2.89. The van der Waals surface area contributed by atoms with Crippen molar-refractivity contribution < 1.29 is 9.53 Å². The van der Waals surface area contributed by atoms with Crippen LogP contribution in [-0.4, -0.2) is 66.9 Å². The van der Waals surface area contributed by atoms with E-state index >= 15 is 0 Å². The fourth-order valence-corrected chi connectivity index (χ4v) is 4.52. The van der Waals surface area contributed by atoms with Crippen LogP contribution >= 0.6 is 0 Å². The SMILES string of the molecule is CCN(CC)c1cccc(OCC(=O)N2CCN(c3ccc(-c4ccc(C)cc4C)nn3)CC2)c1. The van der Waals surface area contributed by atoms with Crippen LogP contribution in [-0.2, 0) is 4.79 Å². The second kappa shape index (κ2) is 11.2. The van der Waals surface area contributed by atoms with Gasteiger partial charge in [-0.15, -0.1) is 10.2 Å². The van der Waals surface area contributed by atoms with Crippen LogP contribution in [0.3, 0.4) is 0 Å². The first-order valence-corrected chi connectivity index (χ1v) is 12.4. The summed E-state index contributed by atoms with van der Waals surface area (Å²) in [6, 6.07) is 18.3. The van der Waals surface area contributed by atoms with Crippen LogP contribution in [0.15, 0.2) is 54.6 Å². The molecule has 7 heteroatoms. The third kappa shape index (κ3) is 5.91. The Balaban J connectivity index is 1.29. The maximum Gasteiger partial charge on any atom is 0.260 e. The summed E-state index contributed by atoms with van der Waals surface area (Å²) in [5, 5.41) is 8.94. The van der Waals surface area contributed by atoms with Gasteiger partial charge < -0.3 is 19.4 Å². The molecule has 1 fully saturated rings. The number of aryl methyl sites for hydroxylation is 2. The molecule has 7 nitrogen and oxygen atoms in total. The first-order chi connectivity index (χ1) is 17.0. The van der Waals surface area contributed by atoms with Gasteiger partial charge in [-0.3, -0.25) is 4.79 Å². The third-order valence-corrected chi connectivity index (χ3v) is 6.57. The zero-order chi connectivity index (χ0) is 24.8. The van der Waals surface area contributed by atoms with Crippen molar-refractivity contribution in [2.75, 3.05) is 55.7 Å². The molecule has 0 radical (unpaired) electrons. The summed E-state index contributed by atoms with van der Waals surface area (Å²) in [5.41, 5.74) is 5.52. The van der Waals surface area contributed by atoms with Crippen LogP contribution in [0.2, 0.25) is 0 Å². The quantitative estimate of drug-likeness (QED) is 0.485. The third-order valence-electron chi connectivity index (χ3n) is 6.57. The fraction of sp³-hybridized carbons (Fsp3) is 0.393. The van der Waals surface area contributed by atoms with Gasteiger partial charge in [0.25, 0.3) is 5.91 Å². The van der Waals surface area contributed by atoms with Crippen LogP contribution in [0.1, 0.15) is 25.0 Å². The number of rotatable bonds is 8. The lowest BCUT2D eigenvalue weighted by Crippen LogP contribution is -2.50. The number of carbonyl (C=O) groups is 1. The summed E-state index contributed by atoms with van der Waals surface area (Å²) >= 11 is 0. The number of nitrogens with zero attached hydrogens (tertiary/aromatic N) is 5. The highest BCUT2D eigenvalue weighted by Gasteiger charge is 2.22. The van der Waals surface area contributed by atoms with E-state index in [9.17, 15) is 4.79 Å². The molecule has 0 atom stereocenters. The number of carbonyl (C=O) groups excluding carboxylic acids is 1. The summed E-state index contributed by atoms with van der Waals surface area (Å²) in [6.07, 6.45) is 0. The maximum atomic E-state index is 12.7. The highest BCUT2D eigenvalue weighted by molar-refractivity contribution is 5.78. The number of anilines is 2. The summed E-state index contributed by atoms with van der Waals surface area (Å²) < 4.78 is 5.83. The molecule has 1 amide bonds. The zero-order valence-electron chi connectivity index (χ0n) is 21.2. The maximum absolute atomic E-state index is 12.7. The van der Waals surface area contributed by atoms with Gasteiger partial charge in [0.05, 0.1) is 5.69 Å². The Morgan fingerprint density at radius 3 is 2.37 bits per heavy atom. The molecule has 0 spiro atoms. The van der Waals surface area contributed by atoms with Crippen molar-refractivity contribution >= 4 is 17.4 Å². The number of amides is 1. The van der Waals surface area contributed by atoms with E-state index in [2.05, 4.69) is 72.0 Å². The number of ether oxygens (including phenoxy) is 1.